The lowest BCUT2D eigenvalue weighted by Gasteiger charge is -2.47. The van der Waals surface area contributed by atoms with Crippen LogP contribution < -0.4 is 0 Å². The third kappa shape index (κ3) is 5.23. The number of ether oxygens (including phenoxy) is 5. The van der Waals surface area contributed by atoms with E-state index in [1.165, 1.54) is 0 Å². The molecule has 3 saturated heterocycles. The Morgan fingerprint density at radius 1 is 0.865 bits per heavy atom. The first-order valence-corrected chi connectivity index (χ1v) is 12.5. The Hall–Kier alpha value is -3.33. The molecule has 0 aromatic heterocycles. The van der Waals surface area contributed by atoms with E-state index < -0.39 is 30.8 Å². The SMILES string of the molecule is O=C(/C=C/c1ccccc1)N1CO[C@@H]2[C@@H]3O[C@H](c4ccccc4)OC[C@H]3O[C@@H](OCc3ccccc3)[C@@H]21. The standard InChI is InChI=1S/C30H29NO6/c32-25(17-16-21-10-4-1-5-11-21)31-20-35-28-26(31)30(33-18-22-12-6-2-7-13-22)36-24-19-34-29(37-27(24)28)23-14-8-3-9-15-23/h1-17,24,26-30H,18-20H2/b17-16+/t24-,26-,27-,28+,29-,30-/m1/s1. The van der Waals surface area contributed by atoms with E-state index in [1.807, 2.05) is 91.0 Å². The van der Waals surface area contributed by atoms with Crippen LogP contribution in [0.1, 0.15) is 23.0 Å². The van der Waals surface area contributed by atoms with Gasteiger partial charge in [-0.25, -0.2) is 0 Å². The fourth-order valence-corrected chi connectivity index (χ4v) is 5.04. The highest BCUT2D eigenvalue weighted by Crippen LogP contribution is 2.40. The van der Waals surface area contributed by atoms with Crippen LogP contribution in [0, 0.1) is 0 Å². The molecule has 0 bridgehead atoms. The van der Waals surface area contributed by atoms with E-state index in [4.69, 9.17) is 23.7 Å². The number of amides is 1. The van der Waals surface area contributed by atoms with Crippen LogP contribution in [0.5, 0.6) is 0 Å². The Labute approximate surface area is 216 Å². The van der Waals surface area contributed by atoms with Crippen molar-refractivity contribution >= 4 is 12.0 Å². The van der Waals surface area contributed by atoms with E-state index in [0.29, 0.717) is 13.2 Å². The lowest BCUT2D eigenvalue weighted by molar-refractivity contribution is -0.342. The van der Waals surface area contributed by atoms with E-state index >= 15 is 0 Å². The molecule has 3 aliphatic heterocycles. The number of hydrogen-bond donors (Lipinski definition) is 0. The summed E-state index contributed by atoms with van der Waals surface area (Å²) in [4.78, 5) is 15.0. The van der Waals surface area contributed by atoms with E-state index in [1.54, 1.807) is 17.1 Å². The molecule has 1 amide bonds. The van der Waals surface area contributed by atoms with E-state index in [-0.39, 0.29) is 18.7 Å². The summed E-state index contributed by atoms with van der Waals surface area (Å²) in [5, 5.41) is 0. The minimum atomic E-state index is -0.691. The Morgan fingerprint density at radius 2 is 1.57 bits per heavy atom. The average molecular weight is 500 g/mol. The molecule has 3 aromatic rings. The quantitative estimate of drug-likeness (QED) is 0.471. The normalized spacial score (nSPS) is 29.1. The molecule has 3 aliphatic rings. The number of carbonyl (C=O) groups excluding carboxylic acids is 1. The molecule has 190 valence electrons. The number of hydrogen-bond acceptors (Lipinski definition) is 6. The second-order valence-corrected chi connectivity index (χ2v) is 9.32. The highest BCUT2D eigenvalue weighted by Gasteiger charge is 2.56. The van der Waals surface area contributed by atoms with Gasteiger partial charge in [0.2, 0.25) is 5.91 Å². The molecule has 3 heterocycles. The van der Waals surface area contributed by atoms with Crippen LogP contribution in [0.4, 0.5) is 0 Å². The van der Waals surface area contributed by atoms with Gasteiger partial charge in [-0.1, -0.05) is 91.0 Å². The number of rotatable bonds is 6. The molecule has 37 heavy (non-hydrogen) atoms. The Morgan fingerprint density at radius 3 is 2.32 bits per heavy atom. The molecule has 6 rings (SSSR count). The van der Waals surface area contributed by atoms with E-state index in [0.717, 1.165) is 16.7 Å². The van der Waals surface area contributed by atoms with E-state index in [2.05, 4.69) is 0 Å². The van der Waals surface area contributed by atoms with Gasteiger partial charge in [-0.05, 0) is 17.2 Å². The van der Waals surface area contributed by atoms with Gasteiger partial charge in [0.15, 0.2) is 12.6 Å². The van der Waals surface area contributed by atoms with Crippen LogP contribution in [0.3, 0.4) is 0 Å². The summed E-state index contributed by atoms with van der Waals surface area (Å²) in [7, 11) is 0. The number of carbonyl (C=O) groups is 1. The molecule has 0 spiro atoms. The first kappa shape index (κ1) is 24.0. The predicted octanol–water partition coefficient (Wildman–Crippen LogP) is 4.31. The Balaban J connectivity index is 1.23. The lowest BCUT2D eigenvalue weighted by atomic mass is 9.95. The maximum absolute atomic E-state index is 13.3. The molecular formula is C30H29NO6. The third-order valence-electron chi connectivity index (χ3n) is 6.90. The minimum absolute atomic E-state index is 0.130. The molecule has 0 N–H and O–H groups in total. The van der Waals surface area contributed by atoms with Crippen molar-refractivity contribution in [1.29, 1.82) is 0 Å². The molecule has 0 radical (unpaired) electrons. The first-order valence-electron chi connectivity index (χ1n) is 12.5. The van der Waals surface area contributed by atoms with Crippen molar-refractivity contribution in [2.45, 2.75) is 43.5 Å². The van der Waals surface area contributed by atoms with Crippen LogP contribution in [-0.4, -0.2) is 54.8 Å². The molecule has 3 fully saturated rings. The van der Waals surface area contributed by atoms with Gasteiger partial charge in [-0.15, -0.1) is 0 Å². The van der Waals surface area contributed by atoms with Gasteiger partial charge in [-0.2, -0.15) is 0 Å². The van der Waals surface area contributed by atoms with Crippen molar-refractivity contribution in [3.05, 3.63) is 114 Å². The molecule has 6 atom stereocenters. The summed E-state index contributed by atoms with van der Waals surface area (Å²) in [5.74, 6) is -0.168. The zero-order valence-electron chi connectivity index (χ0n) is 20.3. The summed E-state index contributed by atoms with van der Waals surface area (Å²) < 4.78 is 31.2. The summed E-state index contributed by atoms with van der Waals surface area (Å²) in [6.45, 7) is 0.817. The Kier molecular flexibility index (Phi) is 7.12. The van der Waals surface area contributed by atoms with Gasteiger partial charge in [-0.3, -0.25) is 4.79 Å². The number of benzene rings is 3. The van der Waals surface area contributed by atoms with Crippen molar-refractivity contribution in [3.63, 3.8) is 0 Å². The lowest BCUT2D eigenvalue weighted by Crippen LogP contribution is -2.64. The molecular weight excluding hydrogens is 470 g/mol. The summed E-state index contributed by atoms with van der Waals surface area (Å²) in [6.07, 6.45) is 0.956. The largest absolute Gasteiger partial charge is 0.353 e. The molecule has 0 saturated carbocycles. The van der Waals surface area contributed by atoms with Crippen LogP contribution in [0.25, 0.3) is 6.08 Å². The van der Waals surface area contributed by atoms with Crippen LogP contribution >= 0.6 is 0 Å². The van der Waals surface area contributed by atoms with Crippen LogP contribution in [0.2, 0.25) is 0 Å². The van der Waals surface area contributed by atoms with Crippen molar-refractivity contribution < 1.29 is 28.5 Å². The summed E-state index contributed by atoms with van der Waals surface area (Å²) >= 11 is 0. The second kappa shape index (κ2) is 11.0. The van der Waals surface area contributed by atoms with Gasteiger partial charge in [0.25, 0.3) is 0 Å². The van der Waals surface area contributed by atoms with Crippen LogP contribution in [-0.2, 0) is 35.1 Å². The molecule has 0 aliphatic carbocycles. The fourth-order valence-electron chi connectivity index (χ4n) is 5.04. The average Bonchev–Trinajstić information content (AvgIpc) is 3.42. The molecule has 7 nitrogen and oxygen atoms in total. The van der Waals surface area contributed by atoms with E-state index in [9.17, 15) is 4.79 Å². The van der Waals surface area contributed by atoms with Gasteiger partial charge < -0.3 is 28.6 Å². The van der Waals surface area contributed by atoms with Gasteiger partial charge in [0.05, 0.1) is 13.2 Å². The number of fused-ring (bicyclic) bond motifs is 3. The molecule has 0 unspecified atom stereocenters. The fraction of sp³-hybridized carbons (Fsp3) is 0.300. The van der Waals surface area contributed by atoms with Crippen molar-refractivity contribution in [3.8, 4) is 0 Å². The maximum Gasteiger partial charge on any atom is 0.248 e. The minimum Gasteiger partial charge on any atom is -0.353 e. The smallest absolute Gasteiger partial charge is 0.248 e. The maximum atomic E-state index is 13.3. The molecule has 3 aromatic carbocycles. The first-order chi connectivity index (χ1) is 18.3. The second-order valence-electron chi connectivity index (χ2n) is 9.32. The Bertz CT molecular complexity index is 1200. The zero-order valence-corrected chi connectivity index (χ0v) is 20.3. The zero-order chi connectivity index (χ0) is 25.0. The highest BCUT2D eigenvalue weighted by molar-refractivity contribution is 5.92. The van der Waals surface area contributed by atoms with Gasteiger partial charge in [0.1, 0.15) is 31.1 Å². The number of nitrogens with zero attached hydrogens (tertiary/aromatic N) is 1. The topological polar surface area (TPSA) is 66.5 Å². The monoisotopic (exact) mass is 499 g/mol. The summed E-state index contributed by atoms with van der Waals surface area (Å²) in [5.41, 5.74) is 2.89. The summed E-state index contributed by atoms with van der Waals surface area (Å²) in [6, 6.07) is 28.9. The van der Waals surface area contributed by atoms with Gasteiger partial charge in [0, 0.05) is 11.6 Å². The molecule has 7 heteroatoms. The van der Waals surface area contributed by atoms with Crippen LogP contribution in [0.15, 0.2) is 97.1 Å². The third-order valence-corrected chi connectivity index (χ3v) is 6.90. The predicted molar refractivity (Wildman–Crippen MR) is 136 cm³/mol. The van der Waals surface area contributed by atoms with Gasteiger partial charge >= 0.3 is 0 Å². The highest BCUT2D eigenvalue weighted by atomic mass is 16.8. The van der Waals surface area contributed by atoms with Crippen molar-refractivity contribution in [1.82, 2.24) is 4.90 Å². The van der Waals surface area contributed by atoms with Crippen molar-refractivity contribution in [2.24, 2.45) is 0 Å². The van der Waals surface area contributed by atoms with Crippen molar-refractivity contribution in [2.75, 3.05) is 13.3 Å².